The van der Waals surface area contributed by atoms with Crippen LogP contribution >= 0.6 is 0 Å². The second kappa shape index (κ2) is 6.65. The third-order valence-electron chi connectivity index (χ3n) is 6.67. The summed E-state index contributed by atoms with van der Waals surface area (Å²) in [4.78, 5) is 16.2. The molecule has 0 N–H and O–H groups in total. The number of carbonyl (C=O) groups excluding carboxylic acids is 1. The summed E-state index contributed by atoms with van der Waals surface area (Å²) in [5.74, 6) is 0. The predicted octanol–water partition coefficient (Wildman–Crippen LogP) is 2.89. The van der Waals surface area contributed by atoms with Crippen molar-refractivity contribution < 1.29 is 23.0 Å². The number of nitrogens with zero attached hydrogens (tertiary/aromatic N) is 2. The lowest BCUT2D eigenvalue weighted by molar-refractivity contribution is 0.0279. The molecule has 4 aliphatic rings. The molecule has 7 heteroatoms. The van der Waals surface area contributed by atoms with Crippen molar-refractivity contribution in [2.45, 2.75) is 63.1 Å². The van der Waals surface area contributed by atoms with Crippen LogP contribution in [0.1, 0.15) is 44.9 Å². The van der Waals surface area contributed by atoms with Crippen molar-refractivity contribution in [2.75, 3.05) is 39.3 Å². The van der Waals surface area contributed by atoms with Gasteiger partial charge in [-0.05, 0) is 63.5 Å². The van der Waals surface area contributed by atoms with E-state index in [1.807, 2.05) is 9.80 Å². The molecule has 1 amide bonds. The van der Waals surface area contributed by atoms with Gasteiger partial charge in [0.05, 0.1) is 18.8 Å². The molecule has 2 spiro atoms. The molecule has 3 aliphatic heterocycles. The molecule has 0 unspecified atom stereocenters. The number of alkyl halides is 2. The summed E-state index contributed by atoms with van der Waals surface area (Å²) < 4.78 is 36.2. The fourth-order valence-electron chi connectivity index (χ4n) is 4.75. The van der Waals surface area contributed by atoms with Gasteiger partial charge in [-0.25, -0.2) is 13.6 Å². The van der Waals surface area contributed by atoms with Crippen LogP contribution in [-0.2, 0) is 9.47 Å². The molecule has 25 heavy (non-hydrogen) atoms. The average molecular weight is 358 g/mol. The van der Waals surface area contributed by atoms with Crippen molar-refractivity contribution in [2.24, 2.45) is 5.41 Å². The van der Waals surface area contributed by atoms with E-state index in [9.17, 15) is 13.6 Å². The van der Waals surface area contributed by atoms with Gasteiger partial charge in [0.2, 0.25) is 0 Å². The normalized spacial score (nSPS) is 34.8. The third kappa shape index (κ3) is 3.92. The zero-order chi connectivity index (χ0) is 17.5. The van der Waals surface area contributed by atoms with Gasteiger partial charge in [-0.1, -0.05) is 0 Å². The minimum absolute atomic E-state index is 0.0202. The summed E-state index contributed by atoms with van der Waals surface area (Å²) in [5.41, 5.74) is 0.225. The Bertz CT molecular complexity index is 495. The summed E-state index contributed by atoms with van der Waals surface area (Å²) in [6.45, 7) is 3.59. The summed E-state index contributed by atoms with van der Waals surface area (Å²) in [7, 11) is 0. The summed E-state index contributed by atoms with van der Waals surface area (Å²) >= 11 is 0. The maximum absolute atomic E-state index is 12.5. The van der Waals surface area contributed by atoms with Crippen LogP contribution in [0.5, 0.6) is 0 Å². The van der Waals surface area contributed by atoms with Gasteiger partial charge < -0.3 is 14.4 Å². The SMILES string of the molecule is O=C(OC1CCC2(CC1)CO2)N1CCC2(CCN(CC(F)F)CC2)C1. The highest BCUT2D eigenvalue weighted by molar-refractivity contribution is 5.68. The number of halogens is 2. The van der Waals surface area contributed by atoms with Gasteiger partial charge in [0.1, 0.15) is 6.10 Å². The lowest BCUT2D eigenvalue weighted by atomic mass is 9.78. The molecule has 3 saturated heterocycles. The van der Waals surface area contributed by atoms with Crippen molar-refractivity contribution in [1.82, 2.24) is 9.80 Å². The van der Waals surface area contributed by atoms with Crippen LogP contribution in [0, 0.1) is 5.41 Å². The molecule has 3 heterocycles. The summed E-state index contributed by atoms with van der Waals surface area (Å²) in [5, 5.41) is 0. The zero-order valence-corrected chi connectivity index (χ0v) is 14.7. The lowest BCUT2D eigenvalue weighted by Gasteiger charge is -2.39. The van der Waals surface area contributed by atoms with E-state index in [2.05, 4.69) is 0 Å². The quantitative estimate of drug-likeness (QED) is 0.728. The molecule has 1 aliphatic carbocycles. The molecule has 0 bridgehead atoms. The number of rotatable bonds is 3. The van der Waals surface area contributed by atoms with Gasteiger partial charge >= 0.3 is 6.09 Å². The number of amides is 1. The van der Waals surface area contributed by atoms with Crippen LogP contribution in [0.15, 0.2) is 0 Å². The summed E-state index contributed by atoms with van der Waals surface area (Å²) in [6, 6.07) is 0. The largest absolute Gasteiger partial charge is 0.446 e. The highest BCUT2D eigenvalue weighted by Crippen LogP contribution is 2.43. The Morgan fingerprint density at radius 3 is 2.36 bits per heavy atom. The zero-order valence-electron chi connectivity index (χ0n) is 14.7. The van der Waals surface area contributed by atoms with Crippen LogP contribution in [-0.4, -0.2) is 73.4 Å². The molecule has 1 saturated carbocycles. The number of hydrogen-bond acceptors (Lipinski definition) is 4. The number of hydrogen-bond donors (Lipinski definition) is 0. The second-order valence-electron chi connectivity index (χ2n) is 8.42. The van der Waals surface area contributed by atoms with E-state index in [-0.39, 0.29) is 29.8 Å². The van der Waals surface area contributed by atoms with Crippen LogP contribution < -0.4 is 0 Å². The van der Waals surface area contributed by atoms with E-state index in [1.54, 1.807) is 0 Å². The fourth-order valence-corrected chi connectivity index (χ4v) is 4.75. The Kier molecular flexibility index (Phi) is 4.65. The molecule has 4 rings (SSSR count). The van der Waals surface area contributed by atoms with Gasteiger partial charge in [0.25, 0.3) is 6.43 Å². The first-order valence-corrected chi connectivity index (χ1v) is 9.58. The minimum Gasteiger partial charge on any atom is -0.446 e. The molecule has 0 aromatic carbocycles. The number of likely N-dealkylation sites (tertiary alicyclic amines) is 2. The maximum atomic E-state index is 12.5. The number of ether oxygens (including phenoxy) is 2. The van der Waals surface area contributed by atoms with Gasteiger partial charge in [0.15, 0.2) is 0 Å². The van der Waals surface area contributed by atoms with E-state index in [1.165, 1.54) is 0 Å². The molecule has 4 fully saturated rings. The van der Waals surface area contributed by atoms with Gasteiger partial charge in [-0.2, -0.15) is 0 Å². The third-order valence-corrected chi connectivity index (χ3v) is 6.67. The first-order valence-electron chi connectivity index (χ1n) is 9.58. The van der Waals surface area contributed by atoms with E-state index in [0.717, 1.165) is 58.1 Å². The number of piperidine rings is 1. The molecular formula is C18H28F2N2O3. The molecular weight excluding hydrogens is 330 g/mol. The lowest BCUT2D eigenvalue weighted by Crippen LogP contribution is -2.44. The van der Waals surface area contributed by atoms with E-state index < -0.39 is 6.43 Å². The van der Waals surface area contributed by atoms with Crippen molar-refractivity contribution >= 4 is 6.09 Å². The number of epoxide rings is 1. The van der Waals surface area contributed by atoms with Crippen LogP contribution in [0.25, 0.3) is 0 Å². The van der Waals surface area contributed by atoms with Crippen molar-refractivity contribution in [3.05, 3.63) is 0 Å². The van der Waals surface area contributed by atoms with Crippen LogP contribution in [0.3, 0.4) is 0 Å². The van der Waals surface area contributed by atoms with Crippen molar-refractivity contribution in [3.63, 3.8) is 0 Å². The first kappa shape index (κ1) is 17.5. The van der Waals surface area contributed by atoms with Crippen LogP contribution in [0.2, 0.25) is 0 Å². The van der Waals surface area contributed by atoms with Crippen molar-refractivity contribution in [3.8, 4) is 0 Å². The number of carbonyl (C=O) groups is 1. The van der Waals surface area contributed by atoms with E-state index in [0.29, 0.717) is 19.6 Å². The monoisotopic (exact) mass is 358 g/mol. The summed E-state index contributed by atoms with van der Waals surface area (Å²) in [6.07, 6.45) is 4.10. The second-order valence-corrected chi connectivity index (χ2v) is 8.42. The average Bonchev–Trinajstić information content (AvgIpc) is 3.22. The van der Waals surface area contributed by atoms with Gasteiger partial charge in [0, 0.05) is 13.1 Å². The van der Waals surface area contributed by atoms with Crippen molar-refractivity contribution in [1.29, 1.82) is 0 Å². The highest BCUT2D eigenvalue weighted by atomic mass is 19.3. The Hall–Kier alpha value is -0.950. The van der Waals surface area contributed by atoms with Gasteiger partial charge in [-0.3, -0.25) is 4.90 Å². The first-order chi connectivity index (χ1) is 12.0. The molecule has 0 aromatic rings. The smallest absolute Gasteiger partial charge is 0.410 e. The standard InChI is InChI=1S/C18H28F2N2O3/c19-15(20)11-21-8-5-17(6-9-21)7-10-22(12-17)16(23)25-14-1-3-18(4-2-14)13-24-18/h14-15H,1-13H2. The highest BCUT2D eigenvalue weighted by Gasteiger charge is 2.48. The molecule has 142 valence electrons. The predicted molar refractivity (Wildman–Crippen MR) is 87.7 cm³/mol. The molecule has 5 nitrogen and oxygen atoms in total. The topological polar surface area (TPSA) is 45.3 Å². The molecule has 0 aromatic heterocycles. The van der Waals surface area contributed by atoms with Gasteiger partial charge in [-0.15, -0.1) is 0 Å². The minimum atomic E-state index is -2.26. The maximum Gasteiger partial charge on any atom is 0.410 e. The molecule has 0 radical (unpaired) electrons. The van der Waals surface area contributed by atoms with Crippen LogP contribution in [0.4, 0.5) is 13.6 Å². The molecule has 0 atom stereocenters. The fraction of sp³-hybridized carbons (Fsp3) is 0.944. The Labute approximate surface area is 147 Å². The van der Waals surface area contributed by atoms with E-state index >= 15 is 0 Å². The van der Waals surface area contributed by atoms with E-state index in [4.69, 9.17) is 9.47 Å². The Balaban J connectivity index is 1.23. The Morgan fingerprint density at radius 2 is 1.76 bits per heavy atom. The Morgan fingerprint density at radius 1 is 1.12 bits per heavy atom.